The number of aromatic nitrogens is 4. The van der Waals surface area contributed by atoms with Gasteiger partial charge in [0, 0.05) is 28.7 Å². The Hall–Kier alpha value is -2.92. The topological polar surface area (TPSA) is 35.1 Å². The first-order valence-corrected chi connectivity index (χ1v) is 8.66. The molecule has 0 saturated carbocycles. The van der Waals surface area contributed by atoms with Gasteiger partial charge in [0.05, 0.1) is 22.1 Å². The van der Waals surface area contributed by atoms with Crippen molar-refractivity contribution >= 4 is 59.5 Å². The smallest absolute Gasteiger partial charge is 0.215 e. The zero-order chi connectivity index (χ0) is 15.8. The molecule has 5 heteroatoms. The van der Waals surface area contributed by atoms with E-state index in [-0.39, 0.29) is 0 Å². The number of fused-ring (bicyclic) bond motifs is 9. The lowest BCUT2D eigenvalue weighted by Crippen LogP contribution is -1.88. The van der Waals surface area contributed by atoms with Gasteiger partial charge < -0.3 is 4.57 Å². The minimum absolute atomic E-state index is 0.974. The van der Waals surface area contributed by atoms with Gasteiger partial charge in [-0.3, -0.25) is 4.40 Å². The summed E-state index contributed by atoms with van der Waals surface area (Å²) in [6.45, 7) is 0. The fraction of sp³-hybridized carbons (Fsp3) is 0.0526. The minimum atomic E-state index is 0.974. The molecule has 2 aromatic carbocycles. The Balaban J connectivity index is 1.97. The van der Waals surface area contributed by atoms with Crippen LogP contribution in [0.3, 0.4) is 0 Å². The standard InChI is InChI=1S/C19H12N4S/c1-22-17-14(23-13-7-3-2-6-12(13)21-19(22)23)8-9-15-16(17)11-5-4-10-20-18(11)24-15/h2-10H,1H3. The van der Waals surface area contributed by atoms with Crippen molar-refractivity contribution in [1.29, 1.82) is 0 Å². The number of thiophene rings is 1. The molecule has 0 unspecified atom stereocenters. The lowest BCUT2D eigenvalue weighted by atomic mass is 10.1. The zero-order valence-electron chi connectivity index (χ0n) is 12.9. The van der Waals surface area contributed by atoms with Crippen molar-refractivity contribution in [2.45, 2.75) is 0 Å². The average molecular weight is 328 g/mol. The fourth-order valence-electron chi connectivity index (χ4n) is 3.77. The van der Waals surface area contributed by atoms with Gasteiger partial charge in [0.1, 0.15) is 4.83 Å². The molecular formula is C19H12N4S. The second kappa shape index (κ2) is 4.13. The highest BCUT2D eigenvalue weighted by Gasteiger charge is 2.18. The van der Waals surface area contributed by atoms with Crippen molar-refractivity contribution in [1.82, 2.24) is 18.9 Å². The van der Waals surface area contributed by atoms with Crippen molar-refractivity contribution in [3.63, 3.8) is 0 Å². The van der Waals surface area contributed by atoms with E-state index >= 15 is 0 Å². The first kappa shape index (κ1) is 12.5. The second-order valence-electron chi connectivity index (χ2n) is 6.06. The number of imidazole rings is 2. The molecule has 4 nitrogen and oxygen atoms in total. The molecule has 4 aromatic heterocycles. The minimum Gasteiger partial charge on any atom is -0.312 e. The molecule has 6 aromatic rings. The number of nitrogens with zero attached hydrogens (tertiary/aromatic N) is 4. The van der Waals surface area contributed by atoms with Gasteiger partial charge in [0.25, 0.3) is 0 Å². The van der Waals surface area contributed by atoms with E-state index in [2.05, 4.69) is 57.4 Å². The summed E-state index contributed by atoms with van der Waals surface area (Å²) >= 11 is 1.75. The molecule has 0 fully saturated rings. The van der Waals surface area contributed by atoms with Crippen LogP contribution in [0.1, 0.15) is 0 Å². The molecule has 0 aliphatic carbocycles. The van der Waals surface area contributed by atoms with Gasteiger partial charge in [0.15, 0.2) is 0 Å². The molecule has 0 radical (unpaired) electrons. The SMILES string of the molecule is Cn1c2c3c(ccc2n2c4ccccc4nc12)sc1ncccc13. The quantitative estimate of drug-likeness (QED) is 0.403. The third-order valence-electron chi connectivity index (χ3n) is 4.78. The maximum absolute atomic E-state index is 4.84. The van der Waals surface area contributed by atoms with Crippen LogP contribution in [0.5, 0.6) is 0 Å². The lowest BCUT2D eigenvalue weighted by Gasteiger charge is -1.99. The van der Waals surface area contributed by atoms with Crippen molar-refractivity contribution in [3.05, 3.63) is 54.7 Å². The summed E-state index contributed by atoms with van der Waals surface area (Å²) in [6, 6.07) is 16.9. The predicted octanol–water partition coefficient (Wildman–Crippen LogP) is 4.74. The number of pyridine rings is 1. The van der Waals surface area contributed by atoms with E-state index in [4.69, 9.17) is 4.98 Å². The number of para-hydroxylation sites is 2. The van der Waals surface area contributed by atoms with Gasteiger partial charge in [-0.05, 0) is 36.4 Å². The Morgan fingerprint density at radius 3 is 2.83 bits per heavy atom. The fourth-order valence-corrected chi connectivity index (χ4v) is 4.82. The third-order valence-corrected chi connectivity index (χ3v) is 5.86. The summed E-state index contributed by atoms with van der Waals surface area (Å²) in [5.74, 6) is 0.974. The van der Waals surface area contributed by atoms with Gasteiger partial charge in [0.2, 0.25) is 5.78 Å². The number of aryl methyl sites for hydroxylation is 1. The molecule has 6 rings (SSSR count). The Morgan fingerprint density at radius 2 is 1.88 bits per heavy atom. The predicted molar refractivity (Wildman–Crippen MR) is 99.9 cm³/mol. The van der Waals surface area contributed by atoms with Crippen LogP contribution in [0.2, 0.25) is 0 Å². The van der Waals surface area contributed by atoms with Crippen molar-refractivity contribution < 1.29 is 0 Å². The van der Waals surface area contributed by atoms with E-state index in [1.54, 1.807) is 11.3 Å². The van der Waals surface area contributed by atoms with Crippen molar-refractivity contribution in [2.24, 2.45) is 7.05 Å². The van der Waals surface area contributed by atoms with Crippen LogP contribution in [0.15, 0.2) is 54.7 Å². The second-order valence-corrected chi connectivity index (χ2v) is 7.09. The van der Waals surface area contributed by atoms with Crippen molar-refractivity contribution in [3.8, 4) is 0 Å². The van der Waals surface area contributed by atoms with Crippen LogP contribution in [-0.2, 0) is 7.05 Å². The summed E-state index contributed by atoms with van der Waals surface area (Å²) in [5.41, 5.74) is 4.59. The molecule has 0 aliphatic rings. The summed E-state index contributed by atoms with van der Waals surface area (Å²) in [4.78, 5) is 10.5. The maximum atomic E-state index is 4.84. The third kappa shape index (κ3) is 1.35. The first-order valence-electron chi connectivity index (χ1n) is 7.85. The normalized spacial score (nSPS) is 12.4. The monoisotopic (exact) mass is 328 g/mol. The van der Waals surface area contributed by atoms with Gasteiger partial charge in [-0.15, -0.1) is 11.3 Å². The van der Waals surface area contributed by atoms with Crippen LogP contribution in [-0.4, -0.2) is 18.9 Å². The summed E-state index contributed by atoms with van der Waals surface area (Å²) in [7, 11) is 2.10. The Labute approximate surface area is 140 Å². The van der Waals surface area contributed by atoms with E-state index in [0.717, 1.165) is 21.6 Å². The molecule has 0 bridgehead atoms. The molecule has 0 amide bonds. The van der Waals surface area contributed by atoms with Crippen molar-refractivity contribution in [2.75, 3.05) is 0 Å². The largest absolute Gasteiger partial charge is 0.312 e. The number of rotatable bonds is 0. The number of hydrogen-bond donors (Lipinski definition) is 0. The highest BCUT2D eigenvalue weighted by atomic mass is 32.1. The highest BCUT2D eigenvalue weighted by Crippen LogP contribution is 2.38. The molecular weight excluding hydrogens is 316 g/mol. The molecule has 4 heterocycles. The lowest BCUT2D eigenvalue weighted by molar-refractivity contribution is 0.977. The van der Waals surface area contributed by atoms with Gasteiger partial charge in [-0.2, -0.15) is 0 Å². The van der Waals surface area contributed by atoms with Gasteiger partial charge in [-0.1, -0.05) is 12.1 Å². The Morgan fingerprint density at radius 1 is 0.958 bits per heavy atom. The highest BCUT2D eigenvalue weighted by molar-refractivity contribution is 7.25. The molecule has 0 saturated heterocycles. The van der Waals surface area contributed by atoms with Crippen LogP contribution in [0.25, 0.3) is 48.1 Å². The molecule has 114 valence electrons. The van der Waals surface area contributed by atoms with E-state index in [0.29, 0.717) is 0 Å². The molecule has 0 spiro atoms. The van der Waals surface area contributed by atoms with E-state index in [9.17, 15) is 0 Å². The summed E-state index contributed by atoms with van der Waals surface area (Å²) in [6.07, 6.45) is 1.86. The zero-order valence-corrected chi connectivity index (χ0v) is 13.7. The number of hydrogen-bond acceptors (Lipinski definition) is 3. The van der Waals surface area contributed by atoms with E-state index < -0.39 is 0 Å². The molecule has 24 heavy (non-hydrogen) atoms. The van der Waals surface area contributed by atoms with Gasteiger partial charge in [-0.25, -0.2) is 9.97 Å². The van der Waals surface area contributed by atoms with Crippen LogP contribution < -0.4 is 0 Å². The Bertz CT molecular complexity index is 1420. The van der Waals surface area contributed by atoms with E-state index in [1.807, 2.05) is 18.3 Å². The average Bonchev–Trinajstić information content (AvgIpc) is 3.25. The summed E-state index contributed by atoms with van der Waals surface area (Å²) < 4.78 is 5.73. The van der Waals surface area contributed by atoms with Crippen LogP contribution in [0, 0.1) is 0 Å². The Kier molecular flexibility index (Phi) is 2.15. The van der Waals surface area contributed by atoms with Crippen LogP contribution >= 0.6 is 11.3 Å². The molecule has 0 atom stereocenters. The summed E-state index contributed by atoms with van der Waals surface area (Å²) in [5, 5.41) is 2.49. The maximum Gasteiger partial charge on any atom is 0.215 e. The van der Waals surface area contributed by atoms with Crippen LogP contribution in [0.4, 0.5) is 0 Å². The molecule has 0 aliphatic heterocycles. The molecule has 0 N–H and O–H groups in total. The first-order chi connectivity index (χ1) is 11.8. The number of benzene rings is 2. The van der Waals surface area contributed by atoms with E-state index in [1.165, 1.54) is 26.5 Å². The van der Waals surface area contributed by atoms with Gasteiger partial charge >= 0.3 is 0 Å².